The van der Waals surface area contributed by atoms with E-state index in [0.717, 1.165) is 38.5 Å². The Balaban J connectivity index is 5.02. The number of allylic oxidation sites excluding steroid dienone is 9. The van der Waals surface area contributed by atoms with Crippen LogP contribution >= 0.6 is 7.82 Å². The highest BCUT2D eigenvalue weighted by atomic mass is 31.2. The van der Waals surface area contributed by atoms with Gasteiger partial charge in [0.05, 0.1) is 19.8 Å². The monoisotopic (exact) mass is 506 g/mol. The van der Waals surface area contributed by atoms with Crippen LogP contribution in [0.25, 0.3) is 0 Å². The Morgan fingerprint density at radius 1 is 0.486 bits per heavy atom. The average Bonchev–Trinajstić information content (AvgIpc) is 2.73. The van der Waals surface area contributed by atoms with Gasteiger partial charge in [-0.05, 0) is 101 Å². The maximum absolute atomic E-state index is 13.3. The lowest BCUT2D eigenvalue weighted by Crippen LogP contribution is -2.02. The molecule has 0 unspecified atom stereocenters. The van der Waals surface area contributed by atoms with Crippen LogP contribution in [0.3, 0.4) is 0 Å². The van der Waals surface area contributed by atoms with Gasteiger partial charge in [-0.25, -0.2) is 4.57 Å². The summed E-state index contributed by atoms with van der Waals surface area (Å²) in [6.07, 6.45) is 18.3. The van der Waals surface area contributed by atoms with Gasteiger partial charge in [-0.2, -0.15) is 0 Å². The first-order valence-corrected chi connectivity index (χ1v) is 14.3. The van der Waals surface area contributed by atoms with E-state index in [2.05, 4.69) is 80.5 Å². The van der Waals surface area contributed by atoms with Crippen LogP contribution < -0.4 is 0 Å². The van der Waals surface area contributed by atoms with Crippen LogP contribution in [0, 0.1) is 0 Å². The molecular weight excluding hydrogens is 455 g/mol. The lowest BCUT2D eigenvalue weighted by atomic mass is 10.1. The SMILES string of the molecule is CC(C)=CCC/C(C)=C\COP(=O)(OC/C=C(/C)CCC=C(C)C)OC/C=C(/C)CCC=C(C)C. The molecule has 0 aromatic carbocycles. The Labute approximate surface area is 216 Å². The molecule has 0 aliphatic carbocycles. The van der Waals surface area contributed by atoms with Gasteiger partial charge >= 0.3 is 7.82 Å². The lowest BCUT2D eigenvalue weighted by molar-refractivity contribution is 0.140. The van der Waals surface area contributed by atoms with Crippen molar-refractivity contribution in [2.75, 3.05) is 19.8 Å². The zero-order chi connectivity index (χ0) is 26.7. The third kappa shape index (κ3) is 21.5. The number of phosphoric ester groups is 1. The van der Waals surface area contributed by atoms with Crippen LogP contribution in [-0.2, 0) is 18.1 Å². The molecule has 0 radical (unpaired) electrons. The fourth-order valence-electron chi connectivity index (χ4n) is 3.00. The summed E-state index contributed by atoms with van der Waals surface area (Å²) in [5.74, 6) is 0. The molecule has 200 valence electrons. The maximum atomic E-state index is 13.3. The molecule has 0 aromatic rings. The second-order valence-corrected chi connectivity index (χ2v) is 11.6. The van der Waals surface area contributed by atoms with E-state index in [1.807, 2.05) is 18.2 Å². The Hall–Kier alpha value is -1.45. The smallest absolute Gasteiger partial charge is 0.283 e. The van der Waals surface area contributed by atoms with Crippen molar-refractivity contribution in [3.8, 4) is 0 Å². The second kappa shape index (κ2) is 19.7. The lowest BCUT2D eigenvalue weighted by Gasteiger charge is -2.16. The van der Waals surface area contributed by atoms with E-state index in [1.165, 1.54) is 33.4 Å². The van der Waals surface area contributed by atoms with Gasteiger partial charge in [0.2, 0.25) is 0 Å². The van der Waals surface area contributed by atoms with Crippen molar-refractivity contribution in [3.05, 3.63) is 69.9 Å². The van der Waals surface area contributed by atoms with Crippen LogP contribution in [-0.4, -0.2) is 19.8 Å². The van der Waals surface area contributed by atoms with Crippen LogP contribution in [0.2, 0.25) is 0 Å². The van der Waals surface area contributed by atoms with Gasteiger partial charge in [0.1, 0.15) is 0 Å². The van der Waals surface area contributed by atoms with Crippen molar-refractivity contribution in [2.45, 2.75) is 101 Å². The molecule has 0 saturated heterocycles. The number of rotatable bonds is 18. The third-order valence-corrected chi connectivity index (χ3v) is 6.66. The summed E-state index contributed by atoms with van der Waals surface area (Å²) in [6, 6.07) is 0. The fourth-order valence-corrected chi connectivity index (χ4v) is 3.99. The zero-order valence-electron chi connectivity index (χ0n) is 23.9. The third-order valence-electron chi connectivity index (χ3n) is 5.27. The predicted molar refractivity (Wildman–Crippen MR) is 153 cm³/mol. The van der Waals surface area contributed by atoms with Gasteiger partial charge in [0.25, 0.3) is 0 Å². The summed E-state index contributed by atoms with van der Waals surface area (Å²) in [7, 11) is -3.68. The molecule has 0 aromatic heterocycles. The van der Waals surface area contributed by atoms with Crippen molar-refractivity contribution < 1.29 is 18.1 Å². The topological polar surface area (TPSA) is 44.8 Å². The standard InChI is InChI=1S/C30H51O4P/c1-25(2)13-10-16-28(7)19-22-32-35(31,33-23-20-29(8)17-11-14-26(3)4)34-24-21-30(9)18-12-15-27(5)6/h13-15,19-21H,10-12,16-18,22-24H2,1-9H3/b28-19-,29-20-,30-21-. The Kier molecular flexibility index (Phi) is 18.9. The zero-order valence-corrected chi connectivity index (χ0v) is 24.8. The van der Waals surface area contributed by atoms with Crippen LogP contribution in [0.15, 0.2) is 69.9 Å². The molecule has 0 heterocycles. The molecule has 0 atom stereocenters. The predicted octanol–water partition coefficient (Wildman–Crippen LogP) is 10.2. The van der Waals surface area contributed by atoms with E-state index in [0.29, 0.717) is 0 Å². The molecule has 0 spiro atoms. The first kappa shape index (κ1) is 33.5. The molecule has 0 fully saturated rings. The van der Waals surface area contributed by atoms with Crippen molar-refractivity contribution in [3.63, 3.8) is 0 Å². The van der Waals surface area contributed by atoms with E-state index in [-0.39, 0.29) is 19.8 Å². The van der Waals surface area contributed by atoms with E-state index in [9.17, 15) is 4.57 Å². The van der Waals surface area contributed by atoms with Gasteiger partial charge < -0.3 is 0 Å². The highest BCUT2D eigenvalue weighted by Gasteiger charge is 2.25. The van der Waals surface area contributed by atoms with E-state index in [1.54, 1.807) is 0 Å². The molecule has 0 aliphatic heterocycles. The summed E-state index contributed by atoms with van der Waals surface area (Å²) < 4.78 is 30.3. The first-order valence-electron chi connectivity index (χ1n) is 12.8. The normalized spacial score (nSPS) is 13.0. The van der Waals surface area contributed by atoms with Gasteiger partial charge in [-0.3, -0.25) is 13.6 Å². The molecule has 4 nitrogen and oxygen atoms in total. The average molecular weight is 507 g/mol. The van der Waals surface area contributed by atoms with E-state index < -0.39 is 7.82 Å². The number of phosphoric acid groups is 1. The molecule has 0 aliphatic rings. The molecule has 0 N–H and O–H groups in total. The molecule has 0 saturated carbocycles. The van der Waals surface area contributed by atoms with Crippen molar-refractivity contribution in [1.82, 2.24) is 0 Å². The molecule has 0 rings (SSSR count). The summed E-state index contributed by atoms with van der Waals surface area (Å²) in [4.78, 5) is 0. The maximum Gasteiger partial charge on any atom is 0.475 e. The summed E-state index contributed by atoms with van der Waals surface area (Å²) in [5.41, 5.74) is 7.52. The van der Waals surface area contributed by atoms with Gasteiger partial charge in [-0.1, -0.05) is 69.9 Å². The minimum atomic E-state index is -3.68. The molecule has 5 heteroatoms. The van der Waals surface area contributed by atoms with Crippen LogP contribution in [0.4, 0.5) is 0 Å². The van der Waals surface area contributed by atoms with Crippen molar-refractivity contribution in [2.24, 2.45) is 0 Å². The second-order valence-electron chi connectivity index (χ2n) is 9.95. The van der Waals surface area contributed by atoms with Crippen molar-refractivity contribution in [1.29, 1.82) is 0 Å². The highest BCUT2D eigenvalue weighted by Crippen LogP contribution is 2.49. The summed E-state index contributed by atoms with van der Waals surface area (Å²) in [5, 5.41) is 0. The van der Waals surface area contributed by atoms with Gasteiger partial charge in [0, 0.05) is 0 Å². The Morgan fingerprint density at radius 3 is 0.971 bits per heavy atom. The number of hydrogen-bond donors (Lipinski definition) is 0. The van der Waals surface area contributed by atoms with Gasteiger partial charge in [0.15, 0.2) is 0 Å². The largest absolute Gasteiger partial charge is 0.475 e. The molecular formula is C30H51O4P. The molecule has 0 bridgehead atoms. The molecule has 35 heavy (non-hydrogen) atoms. The Bertz CT molecular complexity index is 719. The summed E-state index contributed by atoms with van der Waals surface area (Å²) >= 11 is 0. The highest BCUT2D eigenvalue weighted by molar-refractivity contribution is 7.48. The van der Waals surface area contributed by atoms with E-state index >= 15 is 0 Å². The molecule has 0 amide bonds. The van der Waals surface area contributed by atoms with E-state index in [4.69, 9.17) is 13.6 Å². The minimum absolute atomic E-state index is 0.199. The van der Waals surface area contributed by atoms with Crippen molar-refractivity contribution >= 4 is 7.82 Å². The van der Waals surface area contributed by atoms with Gasteiger partial charge in [-0.15, -0.1) is 0 Å². The fraction of sp³-hybridized carbons (Fsp3) is 0.600. The number of hydrogen-bond acceptors (Lipinski definition) is 4. The van der Waals surface area contributed by atoms with Crippen LogP contribution in [0.5, 0.6) is 0 Å². The van der Waals surface area contributed by atoms with Crippen LogP contribution in [0.1, 0.15) is 101 Å². The summed E-state index contributed by atoms with van der Waals surface area (Å²) in [6.45, 7) is 19.4. The first-order chi connectivity index (χ1) is 16.4. The quantitative estimate of drug-likeness (QED) is 0.137. The minimum Gasteiger partial charge on any atom is -0.283 e. The Morgan fingerprint density at radius 2 is 0.743 bits per heavy atom.